The van der Waals surface area contributed by atoms with Gasteiger partial charge in [0, 0.05) is 19.4 Å². The van der Waals surface area contributed by atoms with Crippen LogP contribution in [-0.4, -0.2) is 42.2 Å². The summed E-state index contributed by atoms with van der Waals surface area (Å²) in [5, 5.41) is 5.56. The van der Waals surface area contributed by atoms with Crippen molar-refractivity contribution in [1.82, 2.24) is 10.2 Å². The van der Waals surface area contributed by atoms with Gasteiger partial charge in [0.1, 0.15) is 6.61 Å². The number of amides is 1. The van der Waals surface area contributed by atoms with E-state index >= 15 is 0 Å². The van der Waals surface area contributed by atoms with E-state index in [1.807, 2.05) is 67.5 Å². The zero-order valence-electron chi connectivity index (χ0n) is 21.0. The quantitative estimate of drug-likeness (QED) is 0.391. The average molecular weight is 506 g/mol. The highest BCUT2D eigenvalue weighted by atomic mass is 32.2. The molecule has 188 valence electrons. The lowest BCUT2D eigenvalue weighted by Gasteiger charge is -2.37. The minimum Gasteiger partial charge on any atom is -0.457 e. The first-order valence-electron chi connectivity index (χ1n) is 11.9. The van der Waals surface area contributed by atoms with Gasteiger partial charge in [-0.15, -0.1) is 0 Å². The number of rotatable bonds is 9. The molecule has 2 aromatic rings. The highest BCUT2D eigenvalue weighted by Crippen LogP contribution is 2.45. The Balaban J connectivity index is 1.67. The summed E-state index contributed by atoms with van der Waals surface area (Å²) in [6.07, 6.45) is 0.169. The average Bonchev–Trinajstić information content (AvgIpc) is 3.24. The molecule has 0 unspecified atom stereocenters. The third-order valence-corrected chi connectivity index (χ3v) is 7.01. The van der Waals surface area contributed by atoms with Crippen molar-refractivity contribution >= 4 is 28.8 Å². The van der Waals surface area contributed by atoms with Gasteiger partial charge in [-0.3, -0.25) is 4.79 Å². The largest absolute Gasteiger partial charge is 0.457 e. The number of amidine groups is 1. The molecule has 2 aromatic carbocycles. The Morgan fingerprint density at radius 3 is 2.61 bits per heavy atom. The molecule has 0 saturated carbocycles. The van der Waals surface area contributed by atoms with Gasteiger partial charge in [0.05, 0.1) is 30.3 Å². The van der Waals surface area contributed by atoms with E-state index in [4.69, 9.17) is 14.5 Å². The van der Waals surface area contributed by atoms with E-state index in [-0.39, 0.29) is 18.9 Å². The van der Waals surface area contributed by atoms with E-state index in [9.17, 15) is 9.59 Å². The normalized spacial score (nSPS) is 16.9. The summed E-state index contributed by atoms with van der Waals surface area (Å²) in [5.74, 6) is -0.524. The fourth-order valence-electron chi connectivity index (χ4n) is 4.38. The fourth-order valence-corrected chi connectivity index (χ4v) is 5.34. The number of esters is 1. The van der Waals surface area contributed by atoms with Crippen LogP contribution in [0, 0.1) is 13.8 Å². The maximum absolute atomic E-state index is 13.5. The van der Waals surface area contributed by atoms with Crippen molar-refractivity contribution in [3.05, 3.63) is 93.2 Å². The summed E-state index contributed by atoms with van der Waals surface area (Å²) < 4.78 is 10.8. The Hall–Kier alpha value is -3.36. The van der Waals surface area contributed by atoms with Crippen molar-refractivity contribution in [2.24, 2.45) is 4.99 Å². The standard InChI is InChI=1S/C28H31N3O4S/c1-18-10-11-23(19(2)14-18)26-25(27(33)35-16-21-8-6-5-7-9-21)20(3)30-28-31(26)22(17-36-28)15-24(32)29-12-13-34-4/h5-11,14,17,26H,12-13,15-16H2,1-4H3,(H,29,32)/t26-/m0/s1. The molecule has 2 aliphatic rings. The molecule has 0 aromatic heterocycles. The molecule has 0 bridgehead atoms. The second-order valence-corrected chi connectivity index (χ2v) is 9.67. The summed E-state index contributed by atoms with van der Waals surface area (Å²) in [6.45, 7) is 6.98. The number of hydrogen-bond donors (Lipinski definition) is 1. The third-order valence-electron chi connectivity index (χ3n) is 6.12. The number of aryl methyl sites for hydroxylation is 2. The van der Waals surface area contributed by atoms with Crippen molar-refractivity contribution in [3.8, 4) is 0 Å². The predicted molar refractivity (Wildman–Crippen MR) is 142 cm³/mol. The molecule has 0 fully saturated rings. The number of methoxy groups -OCH3 is 1. The Bertz CT molecular complexity index is 1240. The van der Waals surface area contributed by atoms with Gasteiger partial charge in [-0.1, -0.05) is 65.9 Å². The van der Waals surface area contributed by atoms with E-state index in [0.717, 1.165) is 33.1 Å². The monoisotopic (exact) mass is 505 g/mol. The van der Waals surface area contributed by atoms with Crippen LogP contribution in [-0.2, 0) is 25.7 Å². The summed E-state index contributed by atoms with van der Waals surface area (Å²) >= 11 is 1.46. The minimum atomic E-state index is -0.450. The topological polar surface area (TPSA) is 80.2 Å². The molecule has 0 radical (unpaired) electrons. The Kier molecular flexibility index (Phi) is 8.28. The van der Waals surface area contributed by atoms with Crippen LogP contribution in [0.15, 0.2) is 75.9 Å². The van der Waals surface area contributed by atoms with Crippen LogP contribution in [0.3, 0.4) is 0 Å². The summed E-state index contributed by atoms with van der Waals surface area (Å²) in [5.41, 5.74) is 5.98. The van der Waals surface area contributed by atoms with Crippen molar-refractivity contribution in [2.45, 2.75) is 39.8 Å². The van der Waals surface area contributed by atoms with Crippen molar-refractivity contribution < 1.29 is 19.1 Å². The molecule has 8 heteroatoms. The lowest BCUT2D eigenvalue weighted by molar-refractivity contribution is -0.141. The fraction of sp³-hybridized carbons (Fsp3) is 0.321. The first-order chi connectivity index (χ1) is 17.4. The SMILES string of the molecule is COCCNC(=O)CC1=CSC2=NC(C)=C(C(=O)OCc3ccccc3)[C@H](c3ccc(C)cc3C)N12. The molecule has 2 aliphatic heterocycles. The first kappa shape index (κ1) is 25.7. The number of hydrogen-bond acceptors (Lipinski definition) is 7. The van der Waals surface area contributed by atoms with Crippen LogP contribution in [0.25, 0.3) is 0 Å². The van der Waals surface area contributed by atoms with E-state index in [1.54, 1.807) is 7.11 Å². The number of ether oxygens (including phenoxy) is 2. The Labute approximate surface area is 216 Å². The summed E-state index contributed by atoms with van der Waals surface area (Å²) in [6, 6.07) is 15.4. The number of fused-ring (bicyclic) bond motifs is 1. The van der Waals surface area contributed by atoms with Gasteiger partial charge in [0.25, 0.3) is 0 Å². The molecule has 0 aliphatic carbocycles. The van der Waals surface area contributed by atoms with E-state index < -0.39 is 12.0 Å². The number of thioether (sulfide) groups is 1. The van der Waals surface area contributed by atoms with Crippen molar-refractivity contribution in [2.75, 3.05) is 20.3 Å². The number of nitrogens with one attached hydrogen (secondary N) is 1. The molecule has 1 N–H and O–H groups in total. The molecule has 1 atom stereocenters. The van der Waals surface area contributed by atoms with Crippen molar-refractivity contribution in [3.63, 3.8) is 0 Å². The van der Waals surface area contributed by atoms with Crippen molar-refractivity contribution in [1.29, 1.82) is 0 Å². The predicted octanol–water partition coefficient (Wildman–Crippen LogP) is 4.77. The van der Waals surface area contributed by atoms with Crippen LogP contribution in [0.2, 0.25) is 0 Å². The number of allylic oxidation sites excluding steroid dienone is 1. The van der Waals surface area contributed by atoms with Gasteiger partial charge in [-0.2, -0.15) is 0 Å². The Morgan fingerprint density at radius 2 is 1.89 bits per heavy atom. The number of aliphatic imine (C=N–C) groups is 1. The zero-order valence-corrected chi connectivity index (χ0v) is 21.9. The zero-order chi connectivity index (χ0) is 25.7. The molecular weight excluding hydrogens is 474 g/mol. The van der Waals surface area contributed by atoms with Crippen LogP contribution < -0.4 is 5.32 Å². The van der Waals surface area contributed by atoms with E-state index in [2.05, 4.69) is 17.4 Å². The second kappa shape index (κ2) is 11.6. The molecular formula is C28H31N3O4S. The van der Waals surface area contributed by atoms with Gasteiger partial charge in [0.15, 0.2) is 5.17 Å². The first-order valence-corrected chi connectivity index (χ1v) is 12.7. The van der Waals surface area contributed by atoms with Crippen LogP contribution in [0.1, 0.15) is 41.6 Å². The molecule has 0 saturated heterocycles. The Morgan fingerprint density at radius 1 is 1.11 bits per heavy atom. The number of carbonyl (C=O) groups excluding carboxylic acids is 2. The number of benzene rings is 2. The minimum absolute atomic E-state index is 0.112. The van der Waals surface area contributed by atoms with Gasteiger partial charge in [0.2, 0.25) is 5.91 Å². The van der Waals surface area contributed by atoms with Crippen LogP contribution >= 0.6 is 11.8 Å². The molecule has 7 nitrogen and oxygen atoms in total. The van der Waals surface area contributed by atoms with E-state index in [0.29, 0.717) is 24.4 Å². The van der Waals surface area contributed by atoms with Gasteiger partial charge >= 0.3 is 5.97 Å². The second-order valence-electron chi connectivity index (χ2n) is 8.83. The number of carbonyl (C=O) groups is 2. The molecule has 4 rings (SSSR count). The summed E-state index contributed by atoms with van der Waals surface area (Å²) in [4.78, 5) is 32.9. The lowest BCUT2D eigenvalue weighted by atomic mass is 9.90. The van der Waals surface area contributed by atoms with Gasteiger partial charge < -0.3 is 19.7 Å². The molecule has 0 spiro atoms. The molecule has 36 heavy (non-hydrogen) atoms. The van der Waals surface area contributed by atoms with Crippen LogP contribution in [0.4, 0.5) is 0 Å². The third kappa shape index (κ3) is 5.71. The summed E-state index contributed by atoms with van der Waals surface area (Å²) in [7, 11) is 1.60. The number of nitrogens with zero attached hydrogens (tertiary/aromatic N) is 2. The maximum atomic E-state index is 13.5. The lowest BCUT2D eigenvalue weighted by Crippen LogP contribution is -2.38. The molecule has 2 heterocycles. The molecule has 1 amide bonds. The maximum Gasteiger partial charge on any atom is 0.338 e. The van der Waals surface area contributed by atoms with Crippen LogP contribution in [0.5, 0.6) is 0 Å². The van der Waals surface area contributed by atoms with E-state index in [1.165, 1.54) is 11.8 Å². The van der Waals surface area contributed by atoms with Gasteiger partial charge in [-0.25, -0.2) is 9.79 Å². The smallest absolute Gasteiger partial charge is 0.338 e. The highest BCUT2D eigenvalue weighted by Gasteiger charge is 2.41. The van der Waals surface area contributed by atoms with Gasteiger partial charge in [-0.05, 0) is 42.9 Å². The highest BCUT2D eigenvalue weighted by molar-refractivity contribution is 8.16.